The predicted octanol–water partition coefficient (Wildman–Crippen LogP) is 3.75. The van der Waals surface area contributed by atoms with Crippen LogP contribution in [0.3, 0.4) is 0 Å². The molecule has 2 aromatic rings. The van der Waals surface area contributed by atoms with Gasteiger partial charge < -0.3 is 15.1 Å². The molecule has 172 valence electrons. The molecule has 1 aromatic carbocycles. The number of hydrogen-bond acceptors (Lipinski definition) is 5. The zero-order chi connectivity index (χ0) is 22.8. The van der Waals surface area contributed by atoms with Crippen LogP contribution in [-0.4, -0.2) is 59.5 Å². The monoisotopic (exact) mass is 459 g/mol. The van der Waals surface area contributed by atoms with Crippen LogP contribution in [0.1, 0.15) is 55.8 Å². The van der Waals surface area contributed by atoms with E-state index in [-0.39, 0.29) is 11.9 Å². The Morgan fingerprint density at radius 3 is 2.66 bits per heavy atom. The number of carbonyl (C=O) groups is 1. The summed E-state index contributed by atoms with van der Waals surface area (Å²) in [6.07, 6.45) is 3.77. The van der Waals surface area contributed by atoms with E-state index in [0.717, 1.165) is 37.4 Å². The van der Waals surface area contributed by atoms with E-state index in [1.165, 1.54) is 17.7 Å². The van der Waals surface area contributed by atoms with Crippen molar-refractivity contribution in [2.75, 3.05) is 37.6 Å². The zero-order valence-electron chi connectivity index (χ0n) is 18.9. The lowest BCUT2D eigenvalue weighted by atomic mass is 9.96. The Balaban J connectivity index is 1.49. The molecule has 2 heterocycles. The van der Waals surface area contributed by atoms with Crippen LogP contribution in [0.5, 0.6) is 0 Å². The first kappa shape index (κ1) is 22.9. The summed E-state index contributed by atoms with van der Waals surface area (Å²) in [4.78, 5) is 26.7. The first-order chi connectivity index (χ1) is 15.3. The van der Waals surface area contributed by atoms with Crippen LogP contribution in [0.15, 0.2) is 24.5 Å². The minimum Gasteiger partial charge on any atom is -0.353 e. The third-order valence-electron chi connectivity index (χ3n) is 6.46. The number of piperazine rings is 1. The van der Waals surface area contributed by atoms with Crippen LogP contribution in [-0.2, 0) is 11.2 Å². The standard InChI is InChI=1S/C24H31ClFN5O/c1-15(2)27-13-20(17-10-18(25)12-19(26)11-17)24(32)31-8-6-30(7-9-31)23-22-16(3)4-5-21(22)28-14-29-23/h10-12,14-16,20,27H,4-9,13H2,1-3H3/t16-,20-/m1/s1. The van der Waals surface area contributed by atoms with E-state index in [4.69, 9.17) is 11.6 Å². The van der Waals surface area contributed by atoms with Crippen LogP contribution in [0, 0.1) is 5.82 Å². The minimum absolute atomic E-state index is 0.000695. The van der Waals surface area contributed by atoms with Gasteiger partial charge in [0.2, 0.25) is 5.91 Å². The second-order valence-corrected chi connectivity index (χ2v) is 9.56. The van der Waals surface area contributed by atoms with Gasteiger partial charge in [0, 0.05) is 55.0 Å². The molecule has 0 unspecified atom stereocenters. The Morgan fingerprint density at radius 2 is 1.97 bits per heavy atom. The topological polar surface area (TPSA) is 61.4 Å². The fraction of sp³-hybridized carbons (Fsp3) is 0.542. The van der Waals surface area contributed by atoms with E-state index < -0.39 is 11.7 Å². The molecule has 8 heteroatoms. The Labute approximate surface area is 194 Å². The van der Waals surface area contributed by atoms with Gasteiger partial charge >= 0.3 is 0 Å². The molecule has 4 rings (SSSR count). The smallest absolute Gasteiger partial charge is 0.231 e. The largest absolute Gasteiger partial charge is 0.353 e. The molecule has 1 saturated heterocycles. The summed E-state index contributed by atoms with van der Waals surface area (Å²) < 4.78 is 14.0. The van der Waals surface area contributed by atoms with Crippen molar-refractivity contribution in [2.24, 2.45) is 0 Å². The minimum atomic E-state index is -0.486. The van der Waals surface area contributed by atoms with E-state index in [0.29, 0.717) is 36.1 Å². The van der Waals surface area contributed by atoms with Crippen LogP contribution in [0.25, 0.3) is 0 Å². The van der Waals surface area contributed by atoms with E-state index in [1.807, 2.05) is 18.7 Å². The maximum absolute atomic E-state index is 14.0. The van der Waals surface area contributed by atoms with Crippen molar-refractivity contribution >= 4 is 23.3 Å². The first-order valence-electron chi connectivity index (χ1n) is 11.4. The molecule has 0 radical (unpaired) electrons. The molecule has 2 aliphatic rings. The predicted molar refractivity (Wildman–Crippen MR) is 125 cm³/mol. The third-order valence-corrected chi connectivity index (χ3v) is 6.68. The van der Waals surface area contributed by atoms with E-state index in [9.17, 15) is 9.18 Å². The lowest BCUT2D eigenvalue weighted by Gasteiger charge is -2.38. The number of rotatable bonds is 6. The summed E-state index contributed by atoms with van der Waals surface area (Å²) in [5.41, 5.74) is 3.03. The summed E-state index contributed by atoms with van der Waals surface area (Å²) in [7, 11) is 0. The van der Waals surface area contributed by atoms with E-state index in [2.05, 4.69) is 27.1 Å². The Bertz CT molecular complexity index is 957. The van der Waals surface area contributed by atoms with Gasteiger partial charge in [0.05, 0.1) is 5.92 Å². The summed E-state index contributed by atoms with van der Waals surface area (Å²) in [5.74, 6) is 0.569. The van der Waals surface area contributed by atoms with Gasteiger partial charge in [0.15, 0.2) is 0 Å². The maximum atomic E-state index is 14.0. The highest BCUT2D eigenvalue weighted by atomic mass is 35.5. The van der Waals surface area contributed by atoms with Crippen molar-refractivity contribution in [3.8, 4) is 0 Å². The molecular formula is C24H31ClFN5O. The zero-order valence-corrected chi connectivity index (χ0v) is 19.7. The molecule has 1 aliphatic carbocycles. The SMILES string of the molecule is CC(C)NC[C@@H](C(=O)N1CCN(c2ncnc3c2[C@H](C)CC3)CC1)c1cc(F)cc(Cl)c1. The second-order valence-electron chi connectivity index (χ2n) is 9.13. The highest BCUT2D eigenvalue weighted by Gasteiger charge is 2.32. The fourth-order valence-electron chi connectivity index (χ4n) is 4.71. The average Bonchev–Trinajstić information content (AvgIpc) is 3.14. The number of aryl methyl sites for hydroxylation is 1. The van der Waals surface area contributed by atoms with E-state index >= 15 is 0 Å². The van der Waals surface area contributed by atoms with Crippen LogP contribution < -0.4 is 10.2 Å². The van der Waals surface area contributed by atoms with Crippen molar-refractivity contribution in [1.82, 2.24) is 20.2 Å². The molecule has 1 aliphatic heterocycles. The van der Waals surface area contributed by atoms with Crippen LogP contribution in [0.4, 0.5) is 10.2 Å². The third kappa shape index (κ3) is 4.89. The van der Waals surface area contributed by atoms with Crippen molar-refractivity contribution in [1.29, 1.82) is 0 Å². The van der Waals surface area contributed by atoms with Gasteiger partial charge in [-0.3, -0.25) is 4.79 Å². The first-order valence-corrected chi connectivity index (χ1v) is 11.8. The number of benzene rings is 1. The molecule has 0 saturated carbocycles. The van der Waals surface area contributed by atoms with Crippen LogP contribution >= 0.6 is 11.6 Å². The number of fused-ring (bicyclic) bond motifs is 1. The molecule has 6 nitrogen and oxygen atoms in total. The fourth-order valence-corrected chi connectivity index (χ4v) is 4.94. The number of nitrogens with zero attached hydrogens (tertiary/aromatic N) is 4. The van der Waals surface area contributed by atoms with Gasteiger partial charge in [0.1, 0.15) is 18.0 Å². The summed E-state index contributed by atoms with van der Waals surface area (Å²) in [5, 5.41) is 3.63. The van der Waals surface area contributed by atoms with Gasteiger partial charge in [-0.2, -0.15) is 0 Å². The van der Waals surface area contributed by atoms with Crippen molar-refractivity contribution < 1.29 is 9.18 Å². The molecule has 1 aromatic heterocycles. The van der Waals surface area contributed by atoms with Gasteiger partial charge in [0.25, 0.3) is 0 Å². The van der Waals surface area contributed by atoms with Crippen LogP contribution in [0.2, 0.25) is 5.02 Å². The normalized spacial score (nSPS) is 19.4. The van der Waals surface area contributed by atoms with Gasteiger partial charge in [-0.1, -0.05) is 32.4 Å². The quantitative estimate of drug-likeness (QED) is 0.712. The van der Waals surface area contributed by atoms with Crippen molar-refractivity contribution in [3.05, 3.63) is 52.2 Å². The number of anilines is 1. The molecule has 1 amide bonds. The molecule has 0 spiro atoms. The molecule has 1 fully saturated rings. The second kappa shape index (κ2) is 9.71. The van der Waals surface area contributed by atoms with Gasteiger partial charge in [-0.05, 0) is 42.5 Å². The molecule has 32 heavy (non-hydrogen) atoms. The molecule has 1 N–H and O–H groups in total. The lowest BCUT2D eigenvalue weighted by Crippen LogP contribution is -2.51. The number of aromatic nitrogens is 2. The average molecular weight is 460 g/mol. The highest BCUT2D eigenvalue weighted by Crippen LogP contribution is 2.37. The molecule has 0 bridgehead atoms. The summed E-state index contributed by atoms with van der Waals surface area (Å²) in [6, 6.07) is 4.59. The Kier molecular flexibility index (Phi) is 6.96. The summed E-state index contributed by atoms with van der Waals surface area (Å²) in [6.45, 7) is 9.37. The maximum Gasteiger partial charge on any atom is 0.231 e. The molecular weight excluding hydrogens is 429 g/mol. The van der Waals surface area contributed by atoms with E-state index in [1.54, 1.807) is 12.4 Å². The number of amides is 1. The van der Waals surface area contributed by atoms with Crippen molar-refractivity contribution in [2.45, 2.75) is 51.5 Å². The lowest BCUT2D eigenvalue weighted by molar-refractivity contribution is -0.133. The van der Waals surface area contributed by atoms with Gasteiger partial charge in [-0.25, -0.2) is 14.4 Å². The molecule has 2 atom stereocenters. The summed E-state index contributed by atoms with van der Waals surface area (Å²) >= 11 is 6.09. The Hall–Kier alpha value is -2.25. The Morgan fingerprint density at radius 1 is 1.22 bits per heavy atom. The number of halogens is 2. The number of carbonyl (C=O) groups excluding carboxylic acids is 1. The number of nitrogens with one attached hydrogen (secondary N) is 1. The van der Waals surface area contributed by atoms with Gasteiger partial charge in [-0.15, -0.1) is 0 Å². The van der Waals surface area contributed by atoms with Crippen molar-refractivity contribution in [3.63, 3.8) is 0 Å². The highest BCUT2D eigenvalue weighted by molar-refractivity contribution is 6.30. The number of hydrogen-bond donors (Lipinski definition) is 1.